The van der Waals surface area contributed by atoms with Crippen LogP contribution in [0.3, 0.4) is 0 Å². The molecule has 8 nitrogen and oxygen atoms in total. The van der Waals surface area contributed by atoms with Crippen LogP contribution in [0, 0.1) is 10.1 Å². The summed E-state index contributed by atoms with van der Waals surface area (Å²) in [6.07, 6.45) is 1.61. The van der Waals surface area contributed by atoms with Crippen LogP contribution in [0.2, 0.25) is 0 Å². The van der Waals surface area contributed by atoms with Crippen LogP contribution in [0.15, 0.2) is 75.0 Å². The molecule has 1 N–H and O–H groups in total. The molecule has 1 aliphatic rings. The Morgan fingerprint density at radius 3 is 2.70 bits per heavy atom. The Morgan fingerprint density at radius 1 is 1.17 bits per heavy atom. The van der Waals surface area contributed by atoms with Gasteiger partial charge in [0, 0.05) is 23.8 Å². The molecule has 1 fully saturated rings. The standard InChI is InChI=1S/C21H15N3O5S/c1-28-16-7-5-14(6-8-16)22-21-23-20(25)19(30-21)12-17-9-10-18(29-17)13-3-2-4-15(11-13)24(26)27/h2-12H,1H3,(H,22,23,25)/b19-12-. The van der Waals surface area contributed by atoms with Gasteiger partial charge in [0.15, 0.2) is 5.17 Å². The molecule has 9 heteroatoms. The summed E-state index contributed by atoms with van der Waals surface area (Å²) in [5.41, 5.74) is 1.25. The van der Waals surface area contributed by atoms with Gasteiger partial charge in [0.1, 0.15) is 17.3 Å². The molecule has 4 rings (SSSR count). The molecule has 0 radical (unpaired) electrons. The first kappa shape index (κ1) is 19.5. The molecule has 2 aromatic carbocycles. The van der Waals surface area contributed by atoms with Gasteiger partial charge in [0.25, 0.3) is 11.6 Å². The summed E-state index contributed by atoms with van der Waals surface area (Å²) in [6.45, 7) is 0. The largest absolute Gasteiger partial charge is 0.497 e. The fourth-order valence-electron chi connectivity index (χ4n) is 2.74. The van der Waals surface area contributed by atoms with Crippen molar-refractivity contribution in [3.63, 3.8) is 0 Å². The summed E-state index contributed by atoms with van der Waals surface area (Å²) in [4.78, 5) is 27.6. The summed E-state index contributed by atoms with van der Waals surface area (Å²) in [5.74, 6) is 1.38. The van der Waals surface area contributed by atoms with Gasteiger partial charge in [-0.3, -0.25) is 14.9 Å². The number of ether oxygens (including phenoxy) is 1. The van der Waals surface area contributed by atoms with Crippen LogP contribution >= 0.6 is 11.8 Å². The van der Waals surface area contributed by atoms with Gasteiger partial charge in [-0.15, -0.1) is 0 Å². The molecule has 150 valence electrons. The van der Waals surface area contributed by atoms with E-state index >= 15 is 0 Å². The molecule has 0 spiro atoms. The van der Waals surface area contributed by atoms with Crippen LogP contribution < -0.4 is 10.1 Å². The molecule has 30 heavy (non-hydrogen) atoms. The number of amidine groups is 1. The van der Waals surface area contributed by atoms with E-state index in [1.807, 2.05) is 0 Å². The van der Waals surface area contributed by atoms with Crippen molar-refractivity contribution in [2.75, 3.05) is 7.11 Å². The van der Waals surface area contributed by atoms with Crippen molar-refractivity contribution in [1.29, 1.82) is 0 Å². The zero-order valence-corrected chi connectivity index (χ0v) is 16.5. The predicted octanol–water partition coefficient (Wildman–Crippen LogP) is 4.76. The highest BCUT2D eigenvalue weighted by Crippen LogP contribution is 2.31. The van der Waals surface area contributed by atoms with Gasteiger partial charge in [0.05, 0.1) is 22.6 Å². The number of hydrogen-bond acceptors (Lipinski definition) is 7. The first-order valence-corrected chi connectivity index (χ1v) is 9.62. The van der Waals surface area contributed by atoms with Gasteiger partial charge >= 0.3 is 0 Å². The Morgan fingerprint density at radius 2 is 1.97 bits per heavy atom. The molecule has 1 aromatic heterocycles. The normalized spacial score (nSPS) is 16.1. The number of hydrogen-bond donors (Lipinski definition) is 1. The number of nitro groups is 1. The number of rotatable bonds is 5. The Balaban J connectivity index is 1.52. The maximum absolute atomic E-state index is 12.3. The van der Waals surface area contributed by atoms with Crippen molar-refractivity contribution < 1.29 is 18.9 Å². The van der Waals surface area contributed by atoms with Gasteiger partial charge in [0.2, 0.25) is 0 Å². The average Bonchev–Trinajstić information content (AvgIpc) is 3.35. The highest BCUT2D eigenvalue weighted by molar-refractivity contribution is 8.18. The summed E-state index contributed by atoms with van der Waals surface area (Å²) < 4.78 is 10.9. The van der Waals surface area contributed by atoms with Gasteiger partial charge in [-0.2, -0.15) is 0 Å². The Hall–Kier alpha value is -3.85. The molecular weight excluding hydrogens is 406 g/mol. The fraction of sp³-hybridized carbons (Fsp3) is 0.0476. The Kier molecular flexibility index (Phi) is 5.36. The second-order valence-corrected chi connectivity index (χ2v) is 7.22. The molecule has 2 heterocycles. The molecule has 1 amide bonds. The zero-order valence-electron chi connectivity index (χ0n) is 15.7. The quantitative estimate of drug-likeness (QED) is 0.362. The first-order chi connectivity index (χ1) is 14.5. The maximum atomic E-state index is 12.3. The third-order valence-corrected chi connectivity index (χ3v) is 5.11. The zero-order chi connectivity index (χ0) is 21.1. The first-order valence-electron chi connectivity index (χ1n) is 8.80. The van der Waals surface area contributed by atoms with E-state index in [9.17, 15) is 14.9 Å². The minimum atomic E-state index is -0.460. The van der Waals surface area contributed by atoms with Crippen LogP contribution in [-0.2, 0) is 4.79 Å². The van der Waals surface area contributed by atoms with E-state index in [4.69, 9.17) is 9.15 Å². The Bertz CT molecular complexity index is 1180. The number of carbonyl (C=O) groups excluding carboxylic acids is 1. The van der Waals surface area contributed by atoms with Crippen LogP contribution in [0.5, 0.6) is 5.75 Å². The molecule has 0 unspecified atom stereocenters. The lowest BCUT2D eigenvalue weighted by molar-refractivity contribution is -0.384. The number of thioether (sulfide) groups is 1. The number of non-ortho nitro benzene ring substituents is 1. The number of methoxy groups -OCH3 is 1. The highest BCUT2D eigenvalue weighted by Gasteiger charge is 2.24. The Labute approximate surface area is 175 Å². The lowest BCUT2D eigenvalue weighted by atomic mass is 10.1. The number of carbonyl (C=O) groups is 1. The van der Waals surface area contributed by atoms with E-state index in [2.05, 4.69) is 10.3 Å². The van der Waals surface area contributed by atoms with Crippen LogP contribution in [0.4, 0.5) is 11.4 Å². The van der Waals surface area contributed by atoms with E-state index in [1.54, 1.807) is 61.7 Å². The van der Waals surface area contributed by atoms with Crippen LogP contribution in [-0.4, -0.2) is 23.1 Å². The molecule has 0 atom stereocenters. The van der Waals surface area contributed by atoms with Crippen molar-refractivity contribution in [2.45, 2.75) is 0 Å². The predicted molar refractivity (Wildman–Crippen MR) is 115 cm³/mol. The van der Waals surface area contributed by atoms with E-state index < -0.39 is 4.92 Å². The highest BCUT2D eigenvalue weighted by atomic mass is 32.2. The molecule has 3 aromatic rings. The minimum absolute atomic E-state index is 0.0195. The van der Waals surface area contributed by atoms with Crippen LogP contribution in [0.1, 0.15) is 5.76 Å². The molecular formula is C21H15N3O5S. The van der Waals surface area contributed by atoms with Gasteiger partial charge < -0.3 is 14.5 Å². The monoisotopic (exact) mass is 421 g/mol. The summed E-state index contributed by atoms with van der Waals surface area (Å²) in [7, 11) is 1.59. The lowest BCUT2D eigenvalue weighted by Gasteiger charge is -1.99. The smallest absolute Gasteiger partial charge is 0.270 e. The van der Waals surface area contributed by atoms with E-state index in [-0.39, 0.29) is 11.6 Å². The number of nitrogens with one attached hydrogen (secondary N) is 1. The lowest BCUT2D eigenvalue weighted by Crippen LogP contribution is -2.19. The topological polar surface area (TPSA) is 107 Å². The number of furan rings is 1. The maximum Gasteiger partial charge on any atom is 0.270 e. The summed E-state index contributed by atoms with van der Waals surface area (Å²) in [5, 5.41) is 14.1. The van der Waals surface area contributed by atoms with Gasteiger partial charge in [-0.25, -0.2) is 4.99 Å². The molecule has 0 bridgehead atoms. The minimum Gasteiger partial charge on any atom is -0.497 e. The molecule has 1 aliphatic heterocycles. The molecule has 1 saturated heterocycles. The van der Waals surface area contributed by atoms with E-state index in [0.717, 1.165) is 5.75 Å². The summed E-state index contributed by atoms with van der Waals surface area (Å²) >= 11 is 1.20. The van der Waals surface area contributed by atoms with Crippen LogP contribution in [0.25, 0.3) is 17.4 Å². The van der Waals surface area contributed by atoms with Crippen molar-refractivity contribution in [1.82, 2.24) is 5.32 Å². The van der Waals surface area contributed by atoms with Crippen molar-refractivity contribution in [3.05, 3.63) is 81.4 Å². The number of nitrogens with zero attached hydrogens (tertiary/aromatic N) is 2. The molecule has 0 aliphatic carbocycles. The second-order valence-electron chi connectivity index (χ2n) is 6.19. The SMILES string of the molecule is COc1ccc(N=C2NC(=O)/C(=C/c3ccc(-c4cccc([N+](=O)[O-])c4)o3)S2)cc1. The van der Waals surface area contributed by atoms with Crippen molar-refractivity contribution in [2.24, 2.45) is 4.99 Å². The number of benzene rings is 2. The summed E-state index contributed by atoms with van der Waals surface area (Å²) in [6, 6.07) is 16.7. The van der Waals surface area contributed by atoms with Gasteiger partial charge in [-0.05, 0) is 48.2 Å². The third kappa shape index (κ3) is 4.26. The number of nitro benzene ring substituents is 1. The van der Waals surface area contributed by atoms with Gasteiger partial charge in [-0.1, -0.05) is 12.1 Å². The average molecular weight is 421 g/mol. The van der Waals surface area contributed by atoms with Crippen molar-refractivity contribution in [3.8, 4) is 17.1 Å². The fourth-order valence-corrected chi connectivity index (χ4v) is 3.56. The number of aliphatic imine (C=N–C) groups is 1. The third-order valence-electron chi connectivity index (χ3n) is 4.20. The molecule has 0 saturated carbocycles. The van der Waals surface area contributed by atoms with E-state index in [1.165, 1.54) is 23.9 Å². The second kappa shape index (κ2) is 8.26. The van der Waals surface area contributed by atoms with Crippen molar-refractivity contribution >= 4 is 40.3 Å². The number of amides is 1. The van der Waals surface area contributed by atoms with E-state index in [0.29, 0.717) is 32.8 Å².